The van der Waals surface area contributed by atoms with E-state index in [9.17, 15) is 36.2 Å². The molecule has 0 saturated carbocycles. The number of aromatic nitrogens is 1. The smallest absolute Gasteiger partial charge is 0.388 e. The van der Waals surface area contributed by atoms with Crippen LogP contribution < -0.4 is 15.9 Å². The van der Waals surface area contributed by atoms with Crippen molar-refractivity contribution in [3.63, 3.8) is 0 Å². The van der Waals surface area contributed by atoms with Crippen LogP contribution in [0.4, 0.5) is 26.3 Å². The zero-order valence-electron chi connectivity index (χ0n) is 14.1. The van der Waals surface area contributed by atoms with Crippen molar-refractivity contribution in [1.29, 1.82) is 0 Å². The topological polar surface area (TPSA) is 62.2 Å². The normalized spacial score (nSPS) is 16.4. The molecule has 1 aliphatic carbocycles. The van der Waals surface area contributed by atoms with Gasteiger partial charge in [0.05, 0.1) is 17.0 Å². The molecule has 1 heterocycles. The molecule has 1 aliphatic rings. The molecule has 10 heteroatoms. The third-order valence-electron chi connectivity index (χ3n) is 3.94. The standard InChI is InChI=1S/C17H16F6N2O2/c1-9(8-26)6-24-7-13(27)11-5-14(17(21,22)23)25-15-10(11)3-2-4-12(15)16(18,19)20/h3,5-6,8,13,24,27H,2,4,7H2,1H3/b9-6+. The SMILES string of the molecule is C/C(C=O)=C\NCC(O)c1cc(C(F)(F)F)nc2c1=CCCC=2C(F)(F)F. The Kier molecular flexibility index (Phi) is 5.98. The third kappa shape index (κ3) is 4.88. The highest BCUT2D eigenvalue weighted by Gasteiger charge is 2.38. The summed E-state index contributed by atoms with van der Waals surface area (Å²) in [5, 5.41) is 11.8. The highest BCUT2D eigenvalue weighted by atomic mass is 19.4. The van der Waals surface area contributed by atoms with E-state index in [1.54, 1.807) is 0 Å². The molecule has 0 bridgehead atoms. The molecule has 0 amide bonds. The number of allylic oxidation sites excluding steroid dienone is 1. The van der Waals surface area contributed by atoms with Gasteiger partial charge in [-0.1, -0.05) is 6.08 Å². The molecule has 0 aliphatic heterocycles. The molecule has 0 aromatic carbocycles. The summed E-state index contributed by atoms with van der Waals surface area (Å²) in [5.74, 6) is 0. The van der Waals surface area contributed by atoms with E-state index in [0.717, 1.165) is 0 Å². The first-order valence-electron chi connectivity index (χ1n) is 7.87. The van der Waals surface area contributed by atoms with E-state index >= 15 is 0 Å². The van der Waals surface area contributed by atoms with Gasteiger partial charge in [0.2, 0.25) is 0 Å². The molecule has 1 atom stereocenters. The van der Waals surface area contributed by atoms with Gasteiger partial charge >= 0.3 is 12.4 Å². The van der Waals surface area contributed by atoms with Crippen molar-refractivity contribution in [2.24, 2.45) is 0 Å². The van der Waals surface area contributed by atoms with Gasteiger partial charge in [-0.15, -0.1) is 0 Å². The summed E-state index contributed by atoms with van der Waals surface area (Å²) in [7, 11) is 0. The Morgan fingerprint density at radius 2 is 1.96 bits per heavy atom. The van der Waals surface area contributed by atoms with E-state index < -0.39 is 41.5 Å². The number of aliphatic hydroxyl groups excluding tert-OH is 1. The minimum absolute atomic E-state index is 0.0355. The molecule has 148 valence electrons. The Balaban J connectivity index is 2.63. The van der Waals surface area contributed by atoms with Gasteiger partial charge in [-0.2, -0.15) is 26.3 Å². The third-order valence-corrected chi connectivity index (χ3v) is 3.94. The predicted molar refractivity (Wildman–Crippen MR) is 84.4 cm³/mol. The van der Waals surface area contributed by atoms with E-state index in [2.05, 4.69) is 10.3 Å². The Morgan fingerprint density at radius 1 is 1.30 bits per heavy atom. The van der Waals surface area contributed by atoms with E-state index in [1.807, 2.05) is 0 Å². The molecule has 1 unspecified atom stereocenters. The number of carbonyl (C=O) groups excluding carboxylic acids is 1. The van der Waals surface area contributed by atoms with Crippen molar-refractivity contribution >= 4 is 17.9 Å². The molecule has 0 radical (unpaired) electrons. The minimum Gasteiger partial charge on any atom is -0.388 e. The molecule has 0 fully saturated rings. The van der Waals surface area contributed by atoms with Gasteiger partial charge < -0.3 is 10.4 Å². The van der Waals surface area contributed by atoms with Crippen molar-refractivity contribution in [2.75, 3.05) is 6.54 Å². The van der Waals surface area contributed by atoms with Crippen LogP contribution in [0.3, 0.4) is 0 Å². The highest BCUT2D eigenvalue weighted by Crippen LogP contribution is 2.32. The molecule has 0 saturated heterocycles. The van der Waals surface area contributed by atoms with Crippen molar-refractivity contribution in [1.82, 2.24) is 10.3 Å². The molecule has 27 heavy (non-hydrogen) atoms. The average Bonchev–Trinajstić information content (AvgIpc) is 2.58. The maximum atomic E-state index is 13.2. The van der Waals surface area contributed by atoms with Gasteiger partial charge in [-0.25, -0.2) is 4.98 Å². The summed E-state index contributed by atoms with van der Waals surface area (Å²) >= 11 is 0. The van der Waals surface area contributed by atoms with Gasteiger partial charge in [0, 0.05) is 23.5 Å². The second-order valence-electron chi connectivity index (χ2n) is 6.01. The quantitative estimate of drug-likeness (QED) is 0.456. The molecular weight excluding hydrogens is 378 g/mol. The predicted octanol–water partition coefficient (Wildman–Crippen LogP) is 2.11. The number of aldehydes is 1. The summed E-state index contributed by atoms with van der Waals surface area (Å²) in [5.41, 5.74) is -2.69. The first-order valence-corrected chi connectivity index (χ1v) is 7.87. The number of halogens is 6. The lowest BCUT2D eigenvalue weighted by atomic mass is 9.97. The van der Waals surface area contributed by atoms with Gasteiger partial charge in [-0.05, 0) is 31.4 Å². The fourth-order valence-electron chi connectivity index (χ4n) is 2.67. The molecule has 0 spiro atoms. The number of carbonyl (C=O) groups is 1. The van der Waals surface area contributed by atoms with Crippen molar-refractivity contribution < 1.29 is 36.2 Å². The summed E-state index contributed by atoms with van der Waals surface area (Å²) in [6.07, 6.45) is -8.76. The summed E-state index contributed by atoms with van der Waals surface area (Å²) in [4.78, 5) is 13.7. The van der Waals surface area contributed by atoms with Crippen molar-refractivity contribution in [3.8, 4) is 0 Å². The van der Waals surface area contributed by atoms with Crippen LogP contribution in [0.15, 0.2) is 17.8 Å². The molecular formula is C17H16F6N2O2. The lowest BCUT2D eigenvalue weighted by Gasteiger charge is -2.19. The summed E-state index contributed by atoms with van der Waals surface area (Å²) in [6, 6.07) is 0.553. The zero-order chi connectivity index (χ0) is 20.4. The lowest BCUT2D eigenvalue weighted by molar-refractivity contribution is -0.141. The number of nitrogens with zero attached hydrogens (tertiary/aromatic N) is 1. The summed E-state index contributed by atoms with van der Waals surface area (Å²) < 4.78 is 79.0. The summed E-state index contributed by atoms with van der Waals surface area (Å²) in [6.45, 7) is 1.16. The van der Waals surface area contributed by atoms with E-state index in [0.29, 0.717) is 12.4 Å². The van der Waals surface area contributed by atoms with E-state index in [4.69, 9.17) is 0 Å². The van der Waals surface area contributed by atoms with Crippen molar-refractivity contribution in [3.05, 3.63) is 39.7 Å². The van der Waals surface area contributed by atoms with Crippen molar-refractivity contribution in [2.45, 2.75) is 38.2 Å². The second-order valence-corrected chi connectivity index (χ2v) is 6.01. The maximum Gasteiger partial charge on any atom is 0.433 e. The monoisotopic (exact) mass is 394 g/mol. The van der Waals surface area contributed by atoms with Gasteiger partial charge in [0.1, 0.15) is 12.0 Å². The van der Waals surface area contributed by atoms with Crippen LogP contribution in [0.25, 0.3) is 11.6 Å². The second kappa shape index (κ2) is 7.71. The van der Waals surface area contributed by atoms with Crippen LogP contribution in [0.2, 0.25) is 0 Å². The zero-order valence-corrected chi connectivity index (χ0v) is 14.1. The molecule has 2 N–H and O–H groups in total. The largest absolute Gasteiger partial charge is 0.433 e. The van der Waals surface area contributed by atoms with Crippen LogP contribution in [-0.2, 0) is 11.0 Å². The molecule has 2 rings (SSSR count). The number of hydrogen-bond acceptors (Lipinski definition) is 4. The van der Waals surface area contributed by atoms with E-state index in [-0.39, 0.29) is 29.3 Å². The minimum atomic E-state index is -4.97. The first kappa shape index (κ1) is 20.9. The maximum absolute atomic E-state index is 13.2. The Labute approximate surface area is 149 Å². The molecule has 1 aromatic rings. The van der Waals surface area contributed by atoms with Crippen LogP contribution in [0, 0.1) is 0 Å². The first-order chi connectivity index (χ1) is 12.4. The number of rotatable bonds is 5. The van der Waals surface area contributed by atoms with Gasteiger partial charge in [-0.3, -0.25) is 4.79 Å². The Hall–Kier alpha value is -2.36. The fourth-order valence-corrected chi connectivity index (χ4v) is 2.67. The highest BCUT2D eigenvalue weighted by molar-refractivity contribution is 5.71. The van der Waals surface area contributed by atoms with Crippen LogP contribution in [-0.4, -0.2) is 29.1 Å². The lowest BCUT2D eigenvalue weighted by Crippen LogP contribution is -2.42. The Morgan fingerprint density at radius 3 is 2.52 bits per heavy atom. The average molecular weight is 394 g/mol. The number of alkyl halides is 6. The Bertz CT molecular complexity index is 871. The van der Waals surface area contributed by atoms with Crippen LogP contribution in [0.5, 0.6) is 0 Å². The van der Waals surface area contributed by atoms with Crippen LogP contribution in [0.1, 0.15) is 37.1 Å². The number of pyridine rings is 1. The number of aliphatic hydroxyl groups is 1. The van der Waals surface area contributed by atoms with Gasteiger partial charge in [0.25, 0.3) is 0 Å². The van der Waals surface area contributed by atoms with Gasteiger partial charge in [0.15, 0.2) is 0 Å². The number of hydrogen-bond donors (Lipinski definition) is 2. The fraction of sp³-hybridized carbons (Fsp3) is 0.412. The number of fused-ring (bicyclic) bond motifs is 1. The molecule has 4 nitrogen and oxygen atoms in total. The molecule has 1 aromatic heterocycles. The number of nitrogens with one attached hydrogen (secondary N) is 1. The van der Waals surface area contributed by atoms with Crippen LogP contribution >= 0.6 is 0 Å². The van der Waals surface area contributed by atoms with E-state index in [1.165, 1.54) is 19.2 Å².